The van der Waals surface area contributed by atoms with Crippen LogP contribution in [0.15, 0.2) is 12.1 Å². The lowest BCUT2D eigenvalue weighted by Gasteiger charge is -2.24. The maximum atomic E-state index is 10.8. The molecule has 0 fully saturated rings. The van der Waals surface area contributed by atoms with E-state index in [1.165, 1.54) is 13.2 Å². The van der Waals surface area contributed by atoms with E-state index in [0.717, 1.165) is 0 Å². The summed E-state index contributed by atoms with van der Waals surface area (Å²) in [5.41, 5.74) is 0.0530. The van der Waals surface area contributed by atoms with Gasteiger partial charge in [0.1, 0.15) is 6.07 Å². The normalized spacial score (nSPS) is 10.8. The minimum atomic E-state index is -0.925. The summed E-state index contributed by atoms with van der Waals surface area (Å²) in [7, 11) is 1.38. The van der Waals surface area contributed by atoms with E-state index >= 15 is 0 Å². The number of nitrogens with zero attached hydrogens (tertiary/aromatic N) is 1. The van der Waals surface area contributed by atoms with Crippen LogP contribution in [0.4, 0.5) is 0 Å². The van der Waals surface area contributed by atoms with Crippen LogP contribution in [-0.4, -0.2) is 23.3 Å². The predicted octanol–water partition coefficient (Wildman–Crippen LogP) is 2.02. The van der Waals surface area contributed by atoms with E-state index in [0.29, 0.717) is 5.56 Å². The molecule has 96 valence electrons. The van der Waals surface area contributed by atoms with Gasteiger partial charge in [0.15, 0.2) is 11.5 Å². The predicted molar refractivity (Wildman–Crippen MR) is 64.7 cm³/mol. The van der Waals surface area contributed by atoms with Crippen molar-refractivity contribution in [2.24, 2.45) is 0 Å². The van der Waals surface area contributed by atoms with Crippen molar-refractivity contribution in [3.8, 4) is 17.6 Å². The number of phenols is 1. The molecule has 1 aromatic rings. The average Bonchev–Trinajstić information content (AvgIpc) is 2.27. The fraction of sp³-hybridized carbons (Fsp3) is 0.385. The van der Waals surface area contributed by atoms with Crippen LogP contribution in [0.2, 0.25) is 0 Å². The molecule has 0 aliphatic heterocycles. The first-order valence-electron chi connectivity index (χ1n) is 5.35. The number of hydrogen-bond acceptors (Lipinski definition) is 4. The van der Waals surface area contributed by atoms with Gasteiger partial charge in [0, 0.05) is 5.41 Å². The minimum Gasteiger partial charge on any atom is -0.503 e. The Kier molecular flexibility index (Phi) is 3.82. The lowest BCUT2D eigenvalue weighted by atomic mass is 9.81. The largest absolute Gasteiger partial charge is 0.503 e. The molecule has 0 spiro atoms. The van der Waals surface area contributed by atoms with Gasteiger partial charge >= 0.3 is 5.97 Å². The van der Waals surface area contributed by atoms with Gasteiger partial charge in [-0.3, -0.25) is 4.79 Å². The number of ether oxygens (including phenoxy) is 1. The molecule has 0 unspecified atom stereocenters. The second kappa shape index (κ2) is 4.96. The number of carboxylic acid groups (broad SMARTS) is 1. The van der Waals surface area contributed by atoms with E-state index in [-0.39, 0.29) is 23.5 Å². The highest BCUT2D eigenvalue weighted by atomic mass is 16.5. The Morgan fingerprint density at radius 2 is 2.11 bits per heavy atom. The number of hydrogen-bond donors (Lipinski definition) is 2. The summed E-state index contributed by atoms with van der Waals surface area (Å²) < 4.78 is 4.98. The molecule has 0 aliphatic rings. The number of carboxylic acids is 1. The first-order chi connectivity index (χ1) is 8.31. The molecule has 0 radical (unpaired) electrons. The van der Waals surface area contributed by atoms with Gasteiger partial charge in [0.2, 0.25) is 0 Å². The molecule has 1 rings (SSSR count). The van der Waals surface area contributed by atoms with Crippen LogP contribution < -0.4 is 4.74 Å². The van der Waals surface area contributed by atoms with Gasteiger partial charge in [-0.25, -0.2) is 0 Å². The van der Waals surface area contributed by atoms with Crippen LogP contribution in [0.5, 0.6) is 11.5 Å². The van der Waals surface area contributed by atoms with Gasteiger partial charge < -0.3 is 14.9 Å². The standard InChI is InChI=1S/C13H15NO4/c1-13(2,6-11(15)16)9-4-8(7-14)12(17)10(5-9)18-3/h4-5,17H,6H2,1-3H3,(H,15,16). The summed E-state index contributed by atoms with van der Waals surface area (Å²) in [6, 6.07) is 4.90. The van der Waals surface area contributed by atoms with E-state index in [2.05, 4.69) is 0 Å². The third kappa shape index (κ3) is 2.72. The second-order valence-corrected chi connectivity index (χ2v) is 4.64. The molecule has 1 aromatic carbocycles. The van der Waals surface area contributed by atoms with Crippen molar-refractivity contribution in [2.75, 3.05) is 7.11 Å². The molecule has 0 heterocycles. The molecule has 0 saturated heterocycles. The zero-order chi connectivity index (χ0) is 13.9. The third-order valence-corrected chi connectivity index (χ3v) is 2.79. The Hall–Kier alpha value is -2.22. The summed E-state index contributed by atoms with van der Waals surface area (Å²) in [6.45, 7) is 3.52. The molecule has 5 nitrogen and oxygen atoms in total. The highest BCUT2D eigenvalue weighted by molar-refractivity contribution is 5.69. The summed E-state index contributed by atoms with van der Waals surface area (Å²) >= 11 is 0. The average molecular weight is 249 g/mol. The Balaban J connectivity index is 3.34. The molecule has 18 heavy (non-hydrogen) atoms. The number of aromatic hydroxyl groups is 1. The lowest BCUT2D eigenvalue weighted by Crippen LogP contribution is -2.21. The molecule has 0 bridgehead atoms. The lowest BCUT2D eigenvalue weighted by molar-refractivity contribution is -0.138. The van der Waals surface area contributed by atoms with Crippen molar-refractivity contribution in [3.63, 3.8) is 0 Å². The number of nitriles is 1. The van der Waals surface area contributed by atoms with Crippen molar-refractivity contribution in [3.05, 3.63) is 23.3 Å². The number of aliphatic carboxylic acids is 1. The second-order valence-electron chi connectivity index (χ2n) is 4.64. The maximum Gasteiger partial charge on any atom is 0.304 e. The topological polar surface area (TPSA) is 90.5 Å². The summed E-state index contributed by atoms with van der Waals surface area (Å²) in [5.74, 6) is -0.983. The molecular weight excluding hydrogens is 234 g/mol. The third-order valence-electron chi connectivity index (χ3n) is 2.79. The zero-order valence-corrected chi connectivity index (χ0v) is 10.5. The van der Waals surface area contributed by atoms with E-state index < -0.39 is 11.4 Å². The summed E-state index contributed by atoms with van der Waals surface area (Å²) in [6.07, 6.45) is -0.0776. The molecule has 0 amide bonds. The van der Waals surface area contributed by atoms with Crippen LogP contribution in [0, 0.1) is 11.3 Å². The van der Waals surface area contributed by atoms with E-state index in [9.17, 15) is 9.90 Å². The Morgan fingerprint density at radius 3 is 2.56 bits per heavy atom. The molecule has 2 N–H and O–H groups in total. The highest BCUT2D eigenvalue weighted by Crippen LogP contribution is 2.36. The Bertz CT molecular complexity index is 514. The molecular formula is C13H15NO4. The van der Waals surface area contributed by atoms with E-state index in [1.54, 1.807) is 19.9 Å². The maximum absolute atomic E-state index is 10.8. The smallest absolute Gasteiger partial charge is 0.304 e. The molecule has 0 aromatic heterocycles. The van der Waals surface area contributed by atoms with E-state index in [4.69, 9.17) is 15.1 Å². The van der Waals surface area contributed by atoms with Crippen LogP contribution in [0.3, 0.4) is 0 Å². The van der Waals surface area contributed by atoms with Crippen molar-refractivity contribution in [2.45, 2.75) is 25.7 Å². The Labute approximate surface area is 105 Å². The molecule has 0 atom stereocenters. The number of phenolic OH excluding ortho intramolecular Hbond substituents is 1. The SMILES string of the molecule is COc1cc(C(C)(C)CC(=O)O)cc(C#N)c1O. The summed E-state index contributed by atoms with van der Waals surface area (Å²) in [5, 5.41) is 27.5. The molecule has 5 heteroatoms. The van der Waals surface area contributed by atoms with Crippen LogP contribution in [0.25, 0.3) is 0 Å². The van der Waals surface area contributed by atoms with Crippen molar-refractivity contribution < 1.29 is 19.7 Å². The van der Waals surface area contributed by atoms with Gasteiger partial charge in [0.25, 0.3) is 0 Å². The van der Waals surface area contributed by atoms with Crippen LogP contribution in [0.1, 0.15) is 31.4 Å². The molecule has 0 saturated carbocycles. The number of methoxy groups -OCH3 is 1. The molecule has 0 aliphatic carbocycles. The summed E-state index contributed by atoms with van der Waals surface area (Å²) in [4.78, 5) is 10.8. The van der Waals surface area contributed by atoms with Gasteiger partial charge in [0.05, 0.1) is 19.1 Å². The number of benzene rings is 1. The van der Waals surface area contributed by atoms with Crippen molar-refractivity contribution >= 4 is 5.97 Å². The van der Waals surface area contributed by atoms with Gasteiger partial charge in [-0.15, -0.1) is 0 Å². The van der Waals surface area contributed by atoms with Gasteiger partial charge in [-0.05, 0) is 17.7 Å². The monoisotopic (exact) mass is 249 g/mol. The number of carbonyl (C=O) groups is 1. The first kappa shape index (κ1) is 13.8. The van der Waals surface area contributed by atoms with Gasteiger partial charge in [-0.2, -0.15) is 5.26 Å². The fourth-order valence-corrected chi connectivity index (χ4v) is 1.72. The Morgan fingerprint density at radius 1 is 1.50 bits per heavy atom. The highest BCUT2D eigenvalue weighted by Gasteiger charge is 2.26. The zero-order valence-electron chi connectivity index (χ0n) is 10.5. The fourth-order valence-electron chi connectivity index (χ4n) is 1.72. The van der Waals surface area contributed by atoms with Crippen LogP contribution in [-0.2, 0) is 10.2 Å². The number of rotatable bonds is 4. The first-order valence-corrected chi connectivity index (χ1v) is 5.35. The van der Waals surface area contributed by atoms with Gasteiger partial charge in [-0.1, -0.05) is 13.8 Å². The quantitative estimate of drug-likeness (QED) is 0.851. The minimum absolute atomic E-state index is 0.0720. The van der Waals surface area contributed by atoms with Crippen LogP contribution >= 0.6 is 0 Å². The van der Waals surface area contributed by atoms with Crippen molar-refractivity contribution in [1.29, 1.82) is 5.26 Å². The van der Waals surface area contributed by atoms with Crippen molar-refractivity contribution in [1.82, 2.24) is 0 Å². The van der Waals surface area contributed by atoms with E-state index in [1.807, 2.05) is 6.07 Å².